The van der Waals surface area contributed by atoms with Crippen LogP contribution in [-0.2, 0) is 4.79 Å². The normalized spacial score (nSPS) is 24.3. The minimum absolute atomic E-state index is 0.0278. The van der Waals surface area contributed by atoms with Crippen LogP contribution in [0, 0.1) is 17.7 Å². The number of hydrogen-bond donors (Lipinski definition) is 0. The molecule has 1 aliphatic carbocycles. The van der Waals surface area contributed by atoms with Gasteiger partial charge in [0.2, 0.25) is 5.91 Å². The number of amides is 2. The summed E-state index contributed by atoms with van der Waals surface area (Å²) in [5.41, 5.74) is 0.0278. The summed E-state index contributed by atoms with van der Waals surface area (Å²) in [6.07, 6.45) is 0.966. The molecule has 6 heteroatoms. The van der Waals surface area contributed by atoms with Crippen LogP contribution in [0.1, 0.15) is 23.7 Å². The molecule has 1 saturated carbocycles. The number of carbonyl (C=O) groups excluding carboxylic acids is 2. The van der Waals surface area contributed by atoms with Crippen LogP contribution >= 0.6 is 11.6 Å². The van der Waals surface area contributed by atoms with Crippen LogP contribution in [0.4, 0.5) is 4.39 Å². The van der Waals surface area contributed by atoms with E-state index < -0.39 is 5.82 Å². The highest BCUT2D eigenvalue weighted by molar-refractivity contribution is 6.30. The first-order chi connectivity index (χ1) is 10.5. The van der Waals surface area contributed by atoms with Crippen molar-refractivity contribution in [2.45, 2.75) is 13.3 Å². The summed E-state index contributed by atoms with van der Waals surface area (Å²) in [5.74, 6) is -0.118. The number of benzene rings is 1. The first kappa shape index (κ1) is 15.3. The number of halogens is 2. The maximum Gasteiger partial charge on any atom is 0.256 e. The van der Waals surface area contributed by atoms with Gasteiger partial charge >= 0.3 is 0 Å². The monoisotopic (exact) mass is 324 g/mol. The second-order valence-corrected chi connectivity index (χ2v) is 6.50. The Morgan fingerprint density at radius 2 is 1.77 bits per heavy atom. The Balaban J connectivity index is 1.61. The van der Waals surface area contributed by atoms with Gasteiger partial charge in [-0.05, 0) is 30.5 Å². The lowest BCUT2D eigenvalue weighted by Gasteiger charge is -2.35. The largest absolute Gasteiger partial charge is 0.339 e. The van der Waals surface area contributed by atoms with Crippen molar-refractivity contribution in [3.05, 3.63) is 34.6 Å². The van der Waals surface area contributed by atoms with Crippen molar-refractivity contribution < 1.29 is 14.0 Å². The van der Waals surface area contributed by atoms with Gasteiger partial charge in [-0.1, -0.05) is 18.5 Å². The first-order valence-corrected chi connectivity index (χ1v) is 7.88. The van der Waals surface area contributed by atoms with Crippen molar-refractivity contribution >= 4 is 23.4 Å². The van der Waals surface area contributed by atoms with Gasteiger partial charge < -0.3 is 9.80 Å². The van der Waals surface area contributed by atoms with Crippen LogP contribution < -0.4 is 0 Å². The Morgan fingerprint density at radius 1 is 1.18 bits per heavy atom. The third-order valence-electron chi connectivity index (χ3n) is 4.47. The summed E-state index contributed by atoms with van der Waals surface area (Å²) in [4.78, 5) is 27.9. The molecule has 0 bridgehead atoms. The smallest absolute Gasteiger partial charge is 0.256 e. The van der Waals surface area contributed by atoms with Gasteiger partial charge in [0, 0.05) is 37.1 Å². The van der Waals surface area contributed by atoms with E-state index in [4.69, 9.17) is 11.6 Å². The molecule has 1 saturated heterocycles. The summed E-state index contributed by atoms with van der Waals surface area (Å²) >= 11 is 5.70. The Hall–Kier alpha value is -1.62. The lowest BCUT2D eigenvalue weighted by atomic mass is 10.1. The molecular weight excluding hydrogens is 307 g/mol. The fourth-order valence-electron chi connectivity index (χ4n) is 2.86. The quantitative estimate of drug-likeness (QED) is 0.838. The second kappa shape index (κ2) is 5.88. The Labute approximate surface area is 133 Å². The number of piperazine rings is 1. The molecule has 0 radical (unpaired) electrons. The molecule has 2 aliphatic rings. The Kier molecular flexibility index (Phi) is 4.08. The zero-order chi connectivity index (χ0) is 15.9. The van der Waals surface area contributed by atoms with Crippen molar-refractivity contribution in [2.75, 3.05) is 26.2 Å². The van der Waals surface area contributed by atoms with Gasteiger partial charge in [0.25, 0.3) is 5.91 Å². The van der Waals surface area contributed by atoms with Crippen LogP contribution in [0.2, 0.25) is 5.02 Å². The third-order valence-corrected chi connectivity index (χ3v) is 4.70. The summed E-state index contributed by atoms with van der Waals surface area (Å²) in [5, 5.41) is 0.267. The number of hydrogen-bond acceptors (Lipinski definition) is 2. The van der Waals surface area contributed by atoms with E-state index in [0.29, 0.717) is 32.1 Å². The maximum absolute atomic E-state index is 13.8. The molecular formula is C16H18ClFN2O2. The van der Waals surface area contributed by atoms with Gasteiger partial charge in [-0.25, -0.2) is 4.39 Å². The van der Waals surface area contributed by atoms with Gasteiger partial charge in [0.15, 0.2) is 0 Å². The van der Waals surface area contributed by atoms with E-state index in [9.17, 15) is 14.0 Å². The fraction of sp³-hybridized carbons (Fsp3) is 0.500. The van der Waals surface area contributed by atoms with E-state index in [-0.39, 0.29) is 28.3 Å². The van der Waals surface area contributed by atoms with Crippen LogP contribution in [0.5, 0.6) is 0 Å². The van der Waals surface area contributed by atoms with Crippen molar-refractivity contribution in [1.82, 2.24) is 9.80 Å². The van der Waals surface area contributed by atoms with Crippen LogP contribution in [0.15, 0.2) is 18.2 Å². The summed E-state index contributed by atoms with van der Waals surface area (Å²) in [7, 11) is 0. The molecule has 2 amide bonds. The van der Waals surface area contributed by atoms with E-state index in [1.54, 1.807) is 4.90 Å². The fourth-order valence-corrected chi connectivity index (χ4v) is 3.02. The molecule has 1 aliphatic heterocycles. The van der Waals surface area contributed by atoms with Crippen LogP contribution in [0.25, 0.3) is 0 Å². The van der Waals surface area contributed by atoms with E-state index in [0.717, 1.165) is 12.5 Å². The average molecular weight is 325 g/mol. The van der Waals surface area contributed by atoms with Crippen molar-refractivity contribution in [3.8, 4) is 0 Å². The molecule has 0 spiro atoms. The summed E-state index contributed by atoms with van der Waals surface area (Å²) in [6.45, 7) is 3.99. The Bertz CT molecular complexity index is 614. The van der Waals surface area contributed by atoms with Gasteiger partial charge in [0.05, 0.1) is 5.56 Å². The molecule has 0 N–H and O–H groups in total. The van der Waals surface area contributed by atoms with Crippen molar-refractivity contribution in [1.29, 1.82) is 0 Å². The minimum Gasteiger partial charge on any atom is -0.339 e. The van der Waals surface area contributed by atoms with Crippen molar-refractivity contribution in [3.63, 3.8) is 0 Å². The van der Waals surface area contributed by atoms with E-state index in [1.807, 2.05) is 4.90 Å². The lowest BCUT2D eigenvalue weighted by Crippen LogP contribution is -2.51. The standard InChI is InChI=1S/C16H18ClFN2O2/c1-10-8-13(10)16(22)20-6-4-19(5-7-20)15(21)12-3-2-11(17)9-14(12)18/h2-3,9-10,13H,4-8H2,1H3/t10-,13+/m1/s1. The highest BCUT2D eigenvalue weighted by Gasteiger charge is 2.42. The highest BCUT2D eigenvalue weighted by Crippen LogP contribution is 2.39. The van der Waals surface area contributed by atoms with Crippen LogP contribution in [-0.4, -0.2) is 47.8 Å². The molecule has 2 fully saturated rings. The predicted molar refractivity (Wildman–Crippen MR) is 81.2 cm³/mol. The third kappa shape index (κ3) is 2.95. The molecule has 1 aromatic carbocycles. The van der Waals surface area contributed by atoms with Crippen LogP contribution in [0.3, 0.4) is 0 Å². The zero-order valence-electron chi connectivity index (χ0n) is 12.4. The second-order valence-electron chi connectivity index (χ2n) is 6.06. The van der Waals surface area contributed by atoms with Gasteiger partial charge in [-0.2, -0.15) is 0 Å². The SMILES string of the molecule is C[C@@H]1C[C@@H]1C(=O)N1CCN(C(=O)c2ccc(Cl)cc2F)CC1. The lowest BCUT2D eigenvalue weighted by molar-refractivity contribution is -0.134. The first-order valence-electron chi connectivity index (χ1n) is 7.50. The molecule has 0 aromatic heterocycles. The van der Waals surface area contributed by atoms with Gasteiger partial charge in [-0.15, -0.1) is 0 Å². The molecule has 4 nitrogen and oxygen atoms in total. The summed E-state index contributed by atoms with van der Waals surface area (Å²) in [6, 6.07) is 4.05. The molecule has 1 aromatic rings. The number of rotatable bonds is 2. The molecule has 2 atom stereocenters. The molecule has 1 heterocycles. The predicted octanol–water partition coefficient (Wildman–Crippen LogP) is 2.42. The topological polar surface area (TPSA) is 40.6 Å². The van der Waals surface area contributed by atoms with E-state index in [2.05, 4.69) is 6.92 Å². The highest BCUT2D eigenvalue weighted by atomic mass is 35.5. The van der Waals surface area contributed by atoms with Crippen molar-refractivity contribution in [2.24, 2.45) is 11.8 Å². The molecule has 22 heavy (non-hydrogen) atoms. The molecule has 3 rings (SSSR count). The van der Waals surface area contributed by atoms with E-state index in [1.165, 1.54) is 12.1 Å². The molecule has 0 unspecified atom stereocenters. The van der Waals surface area contributed by atoms with E-state index >= 15 is 0 Å². The zero-order valence-corrected chi connectivity index (χ0v) is 13.1. The maximum atomic E-state index is 13.8. The number of carbonyl (C=O) groups is 2. The average Bonchev–Trinajstić information content (AvgIpc) is 3.23. The minimum atomic E-state index is -0.609. The van der Waals surface area contributed by atoms with Gasteiger partial charge in [-0.3, -0.25) is 9.59 Å². The van der Waals surface area contributed by atoms with Gasteiger partial charge in [0.1, 0.15) is 5.82 Å². The number of nitrogens with zero attached hydrogens (tertiary/aromatic N) is 2. The molecule has 118 valence electrons. The summed E-state index contributed by atoms with van der Waals surface area (Å²) < 4.78 is 13.8. The Morgan fingerprint density at radius 3 is 2.32 bits per heavy atom.